The molecular weight excluding hydrogens is 474 g/mol. The van der Waals surface area contributed by atoms with Crippen molar-refractivity contribution in [2.75, 3.05) is 19.6 Å². The Bertz CT molecular complexity index is 1270. The molecule has 0 saturated carbocycles. The lowest BCUT2D eigenvalue weighted by molar-refractivity contribution is -0.133. The predicted octanol–water partition coefficient (Wildman–Crippen LogP) is 5.85. The fourth-order valence-electron chi connectivity index (χ4n) is 4.99. The summed E-state index contributed by atoms with van der Waals surface area (Å²) in [5.41, 5.74) is 3.82. The third-order valence-corrected chi connectivity index (χ3v) is 7.53. The van der Waals surface area contributed by atoms with Gasteiger partial charge in [0.15, 0.2) is 0 Å². The van der Waals surface area contributed by atoms with E-state index in [0.717, 1.165) is 42.5 Å². The van der Waals surface area contributed by atoms with E-state index in [0.29, 0.717) is 40.6 Å². The normalized spacial score (nSPS) is 19.8. The molecule has 8 heteroatoms. The van der Waals surface area contributed by atoms with Crippen molar-refractivity contribution in [1.29, 1.82) is 0 Å². The largest absolute Gasteiger partial charge is 0.337 e. The molecule has 1 unspecified atom stereocenters. The summed E-state index contributed by atoms with van der Waals surface area (Å²) in [5.74, 6) is -0.146. The Morgan fingerprint density at radius 3 is 2.79 bits per heavy atom. The van der Waals surface area contributed by atoms with E-state index in [9.17, 15) is 4.79 Å². The number of benzene rings is 2. The van der Waals surface area contributed by atoms with Gasteiger partial charge in [-0.2, -0.15) is 0 Å². The van der Waals surface area contributed by atoms with Gasteiger partial charge in [0, 0.05) is 34.8 Å². The van der Waals surface area contributed by atoms with Gasteiger partial charge < -0.3 is 14.8 Å². The van der Waals surface area contributed by atoms with Crippen LogP contribution in [0.15, 0.2) is 42.7 Å². The first-order valence-electron chi connectivity index (χ1n) is 11.7. The predicted molar refractivity (Wildman–Crippen MR) is 135 cm³/mol. The number of nitrogens with zero attached hydrogens (tertiary/aromatic N) is 3. The third-order valence-electron chi connectivity index (χ3n) is 6.97. The number of imidazole rings is 1. The van der Waals surface area contributed by atoms with Crippen molar-refractivity contribution < 1.29 is 9.18 Å². The van der Waals surface area contributed by atoms with Crippen molar-refractivity contribution in [2.24, 2.45) is 0 Å². The van der Waals surface area contributed by atoms with Gasteiger partial charge in [0.1, 0.15) is 5.82 Å². The minimum Gasteiger partial charge on any atom is -0.337 e. The van der Waals surface area contributed by atoms with Gasteiger partial charge >= 0.3 is 0 Å². The number of halogens is 3. The highest BCUT2D eigenvalue weighted by Gasteiger charge is 2.27. The van der Waals surface area contributed by atoms with Crippen molar-refractivity contribution in [3.8, 4) is 0 Å². The van der Waals surface area contributed by atoms with E-state index in [4.69, 9.17) is 23.2 Å². The molecule has 34 heavy (non-hydrogen) atoms. The number of carbonyl (C=O) groups excluding carboxylic acids is 1. The Labute approximate surface area is 208 Å². The standard InChI is InChI=1S/C26H27Cl2FN4O/c1-16(19-6-5-18(27)12-21(19)28)33-15-31-24-14-22(29)20(13-25(24)33)17-7-10-32(11-8-17)26(34)23-4-2-3-9-30-23/h5-7,12-16,23,30H,2-4,8-11H2,1H3/t16-,23?/m1/s1. The lowest BCUT2D eigenvalue weighted by Crippen LogP contribution is -2.49. The van der Waals surface area contributed by atoms with Crippen molar-refractivity contribution in [3.63, 3.8) is 0 Å². The fourth-order valence-corrected chi connectivity index (χ4v) is 5.56. The number of aromatic nitrogens is 2. The van der Waals surface area contributed by atoms with Crippen LogP contribution < -0.4 is 5.32 Å². The van der Waals surface area contributed by atoms with Crippen LogP contribution in [-0.4, -0.2) is 46.0 Å². The fraction of sp³-hybridized carbons (Fsp3) is 0.385. The van der Waals surface area contributed by atoms with E-state index in [1.165, 1.54) is 6.07 Å². The van der Waals surface area contributed by atoms with Crippen molar-refractivity contribution in [2.45, 2.75) is 44.7 Å². The number of piperidine rings is 1. The summed E-state index contributed by atoms with van der Waals surface area (Å²) in [6.07, 6.45) is 7.40. The number of hydrogen-bond donors (Lipinski definition) is 1. The van der Waals surface area contributed by atoms with Crippen LogP contribution >= 0.6 is 23.2 Å². The zero-order valence-electron chi connectivity index (χ0n) is 19.0. The molecule has 5 nitrogen and oxygen atoms in total. The highest BCUT2D eigenvalue weighted by atomic mass is 35.5. The van der Waals surface area contributed by atoms with Crippen LogP contribution in [-0.2, 0) is 4.79 Å². The maximum Gasteiger partial charge on any atom is 0.239 e. The van der Waals surface area contributed by atoms with Gasteiger partial charge in [0.2, 0.25) is 5.91 Å². The second-order valence-electron chi connectivity index (χ2n) is 9.08. The first-order chi connectivity index (χ1) is 16.4. The van der Waals surface area contributed by atoms with E-state index in [2.05, 4.69) is 10.3 Å². The topological polar surface area (TPSA) is 50.2 Å². The van der Waals surface area contributed by atoms with Gasteiger partial charge in [-0.3, -0.25) is 4.79 Å². The van der Waals surface area contributed by atoms with Gasteiger partial charge in [-0.25, -0.2) is 9.37 Å². The quantitative estimate of drug-likeness (QED) is 0.488. The average Bonchev–Trinajstić information content (AvgIpc) is 3.26. The van der Waals surface area contributed by atoms with Crippen LogP contribution in [0.3, 0.4) is 0 Å². The lowest BCUT2D eigenvalue weighted by atomic mass is 9.97. The summed E-state index contributed by atoms with van der Waals surface area (Å²) in [7, 11) is 0. The van der Waals surface area contributed by atoms with Crippen molar-refractivity contribution in [1.82, 2.24) is 19.8 Å². The number of amides is 1. The molecule has 5 rings (SSSR count). The first-order valence-corrected chi connectivity index (χ1v) is 12.5. The summed E-state index contributed by atoms with van der Waals surface area (Å²) in [4.78, 5) is 19.1. The number of fused-ring (bicyclic) bond motifs is 1. The molecule has 3 heterocycles. The molecule has 1 amide bonds. The van der Waals surface area contributed by atoms with Crippen LogP contribution in [0.25, 0.3) is 16.6 Å². The molecule has 2 aromatic carbocycles. The molecule has 0 aliphatic carbocycles. The highest BCUT2D eigenvalue weighted by molar-refractivity contribution is 6.35. The average molecular weight is 501 g/mol. The number of carbonyl (C=O) groups is 1. The Kier molecular flexibility index (Phi) is 6.65. The summed E-state index contributed by atoms with van der Waals surface area (Å²) in [5, 5.41) is 4.48. The molecule has 2 aliphatic heterocycles. The van der Waals surface area contributed by atoms with Gasteiger partial charge in [-0.05, 0) is 62.1 Å². The number of rotatable bonds is 4. The Morgan fingerprint density at radius 2 is 2.09 bits per heavy atom. The molecule has 1 N–H and O–H groups in total. The molecule has 1 saturated heterocycles. The molecule has 0 bridgehead atoms. The van der Waals surface area contributed by atoms with Crippen LogP contribution in [0.5, 0.6) is 0 Å². The van der Waals surface area contributed by atoms with E-state index in [-0.39, 0.29) is 23.8 Å². The zero-order valence-corrected chi connectivity index (χ0v) is 20.5. The van der Waals surface area contributed by atoms with Crippen molar-refractivity contribution >= 4 is 45.7 Å². The summed E-state index contributed by atoms with van der Waals surface area (Å²) in [6.45, 7) is 4.02. The van der Waals surface area contributed by atoms with E-state index < -0.39 is 0 Å². The summed E-state index contributed by atoms with van der Waals surface area (Å²) in [6, 6.07) is 8.60. The van der Waals surface area contributed by atoms with Crippen LogP contribution in [0.4, 0.5) is 4.39 Å². The van der Waals surface area contributed by atoms with Gasteiger partial charge in [0.25, 0.3) is 0 Å². The number of nitrogens with one attached hydrogen (secondary N) is 1. The maximum atomic E-state index is 15.1. The Morgan fingerprint density at radius 1 is 1.24 bits per heavy atom. The smallest absolute Gasteiger partial charge is 0.239 e. The lowest BCUT2D eigenvalue weighted by Gasteiger charge is -2.32. The van der Waals surface area contributed by atoms with Crippen molar-refractivity contribution in [3.05, 3.63) is 69.7 Å². The minimum atomic E-state index is -0.296. The second kappa shape index (κ2) is 9.68. The molecule has 3 aromatic rings. The number of hydrogen-bond acceptors (Lipinski definition) is 3. The van der Waals surface area contributed by atoms with E-state index >= 15 is 4.39 Å². The van der Waals surface area contributed by atoms with Gasteiger partial charge in [0.05, 0.1) is 29.4 Å². The second-order valence-corrected chi connectivity index (χ2v) is 9.92. The monoisotopic (exact) mass is 500 g/mol. The maximum absolute atomic E-state index is 15.1. The Hall–Kier alpha value is -2.41. The van der Waals surface area contributed by atoms with E-state index in [1.54, 1.807) is 12.4 Å². The molecule has 0 radical (unpaired) electrons. The van der Waals surface area contributed by atoms with E-state index in [1.807, 2.05) is 40.7 Å². The van der Waals surface area contributed by atoms with Gasteiger partial charge in [-0.1, -0.05) is 41.8 Å². The Balaban J connectivity index is 1.41. The molecule has 1 aromatic heterocycles. The van der Waals surface area contributed by atoms with Gasteiger partial charge in [-0.15, -0.1) is 0 Å². The molecule has 1 fully saturated rings. The highest BCUT2D eigenvalue weighted by Crippen LogP contribution is 2.33. The molecule has 2 atom stereocenters. The van der Waals surface area contributed by atoms with Crippen LogP contribution in [0.2, 0.25) is 10.0 Å². The van der Waals surface area contributed by atoms with Crippen LogP contribution in [0.1, 0.15) is 49.8 Å². The molecular formula is C26H27Cl2FN4O. The minimum absolute atomic E-state index is 0.0904. The zero-order chi connectivity index (χ0) is 23.8. The third kappa shape index (κ3) is 4.47. The first kappa shape index (κ1) is 23.3. The van der Waals surface area contributed by atoms with Crippen LogP contribution in [0, 0.1) is 5.82 Å². The molecule has 178 valence electrons. The SMILES string of the molecule is C[C@H](c1ccc(Cl)cc1Cl)n1cnc2cc(F)c(C3=CCN(C(=O)C4CCCCN4)CC3)cc21. The summed E-state index contributed by atoms with van der Waals surface area (Å²) < 4.78 is 17.1. The molecule has 2 aliphatic rings. The molecule has 0 spiro atoms. The summed E-state index contributed by atoms with van der Waals surface area (Å²) >= 11 is 12.5.